The molecule has 2 aliphatic heterocycles. The Labute approximate surface area is 152 Å². The van der Waals surface area contributed by atoms with Crippen LogP contribution in [-0.2, 0) is 19.1 Å². The third-order valence-corrected chi connectivity index (χ3v) is 5.58. The fraction of sp³-hybridized carbons (Fsp3) is 0.500. The molecule has 1 aromatic rings. The van der Waals surface area contributed by atoms with Crippen molar-refractivity contribution in [2.24, 2.45) is 5.92 Å². The first kappa shape index (κ1) is 17.1. The number of benzene rings is 1. The number of phenolic OH excluding ortho intramolecular Hbond substituents is 1. The number of Topliss-reactive ketones (excluding diaryl/α,β-unsaturated/α-hetero) is 1. The number of ketones is 1. The predicted octanol–water partition coefficient (Wildman–Crippen LogP) is 2.33. The van der Waals surface area contributed by atoms with Gasteiger partial charge in [-0.3, -0.25) is 9.59 Å². The van der Waals surface area contributed by atoms with Crippen molar-refractivity contribution in [1.82, 2.24) is 4.90 Å². The van der Waals surface area contributed by atoms with E-state index in [1.54, 1.807) is 30.2 Å². The molecule has 3 aliphatic rings. The van der Waals surface area contributed by atoms with Crippen LogP contribution < -0.4 is 0 Å². The van der Waals surface area contributed by atoms with Crippen LogP contribution in [0, 0.1) is 5.92 Å². The van der Waals surface area contributed by atoms with Crippen LogP contribution in [0.15, 0.2) is 35.6 Å². The molecule has 0 saturated heterocycles. The number of aromatic hydroxyl groups is 1. The number of amides is 1. The predicted molar refractivity (Wildman–Crippen MR) is 93.3 cm³/mol. The Morgan fingerprint density at radius 2 is 2.08 bits per heavy atom. The van der Waals surface area contributed by atoms with Crippen LogP contribution in [0.5, 0.6) is 5.75 Å². The maximum Gasteiger partial charge on any atom is 0.290 e. The van der Waals surface area contributed by atoms with Gasteiger partial charge in [0.05, 0.1) is 24.1 Å². The van der Waals surface area contributed by atoms with Crippen molar-refractivity contribution in [2.45, 2.75) is 37.8 Å². The molecule has 0 spiro atoms. The Morgan fingerprint density at radius 1 is 1.27 bits per heavy atom. The van der Waals surface area contributed by atoms with Crippen LogP contribution in [-0.4, -0.2) is 48.1 Å². The Morgan fingerprint density at radius 3 is 2.85 bits per heavy atom. The summed E-state index contributed by atoms with van der Waals surface area (Å²) in [4.78, 5) is 27.9. The lowest BCUT2D eigenvalue weighted by atomic mass is 9.77. The molecule has 26 heavy (non-hydrogen) atoms. The van der Waals surface area contributed by atoms with Gasteiger partial charge in [0.1, 0.15) is 11.9 Å². The second-order valence-electron chi connectivity index (χ2n) is 7.14. The molecule has 1 aliphatic carbocycles. The van der Waals surface area contributed by atoms with Gasteiger partial charge in [0, 0.05) is 13.7 Å². The van der Waals surface area contributed by atoms with E-state index in [0.717, 1.165) is 25.7 Å². The van der Waals surface area contributed by atoms with Gasteiger partial charge in [-0.25, -0.2) is 0 Å². The molecule has 1 amide bonds. The van der Waals surface area contributed by atoms with Crippen molar-refractivity contribution in [3.63, 3.8) is 0 Å². The molecule has 3 unspecified atom stereocenters. The highest BCUT2D eigenvalue weighted by molar-refractivity contribution is 6.11. The van der Waals surface area contributed by atoms with Gasteiger partial charge < -0.3 is 19.5 Å². The van der Waals surface area contributed by atoms with Gasteiger partial charge in [0.2, 0.25) is 0 Å². The van der Waals surface area contributed by atoms with Gasteiger partial charge in [0.15, 0.2) is 11.5 Å². The number of carbonyl (C=O) groups excluding carboxylic acids is 2. The second kappa shape index (κ2) is 6.76. The molecule has 1 fully saturated rings. The molecule has 1 saturated carbocycles. The lowest BCUT2D eigenvalue weighted by Crippen LogP contribution is -2.39. The summed E-state index contributed by atoms with van der Waals surface area (Å²) in [6.07, 6.45) is 3.46. The Kier molecular flexibility index (Phi) is 4.44. The number of fused-ring (bicyclic) bond motifs is 1. The van der Waals surface area contributed by atoms with E-state index in [4.69, 9.17) is 9.47 Å². The van der Waals surface area contributed by atoms with Crippen molar-refractivity contribution in [1.29, 1.82) is 0 Å². The van der Waals surface area contributed by atoms with Crippen LogP contribution in [0.1, 0.15) is 37.3 Å². The van der Waals surface area contributed by atoms with Crippen LogP contribution in [0.2, 0.25) is 0 Å². The highest BCUT2D eigenvalue weighted by Gasteiger charge is 2.51. The minimum Gasteiger partial charge on any atom is -0.508 e. The van der Waals surface area contributed by atoms with Crippen molar-refractivity contribution in [3.8, 4) is 5.75 Å². The van der Waals surface area contributed by atoms with Crippen molar-refractivity contribution in [2.75, 3.05) is 20.3 Å². The van der Waals surface area contributed by atoms with E-state index in [1.165, 1.54) is 0 Å². The van der Waals surface area contributed by atoms with Crippen molar-refractivity contribution < 1.29 is 24.2 Å². The molecule has 1 N–H and O–H groups in total. The van der Waals surface area contributed by atoms with Gasteiger partial charge in [-0.2, -0.15) is 0 Å². The highest BCUT2D eigenvalue weighted by Crippen LogP contribution is 2.46. The molecule has 0 radical (unpaired) electrons. The van der Waals surface area contributed by atoms with E-state index in [0.29, 0.717) is 24.3 Å². The number of phenols is 1. The quantitative estimate of drug-likeness (QED) is 0.895. The molecule has 3 atom stereocenters. The maximum absolute atomic E-state index is 13.3. The van der Waals surface area contributed by atoms with E-state index in [1.807, 2.05) is 6.07 Å². The zero-order valence-corrected chi connectivity index (χ0v) is 14.8. The first-order chi connectivity index (χ1) is 12.6. The van der Waals surface area contributed by atoms with E-state index >= 15 is 0 Å². The number of methoxy groups -OCH3 is 1. The van der Waals surface area contributed by atoms with Crippen LogP contribution >= 0.6 is 0 Å². The monoisotopic (exact) mass is 357 g/mol. The number of hydrogen-bond donors (Lipinski definition) is 1. The molecule has 4 rings (SSSR count). The number of ether oxygens (including phenoxy) is 2. The Balaban J connectivity index is 1.78. The maximum atomic E-state index is 13.3. The molecular weight excluding hydrogens is 334 g/mol. The summed E-state index contributed by atoms with van der Waals surface area (Å²) in [6, 6.07) is 6.20. The minimum atomic E-state index is -0.532. The van der Waals surface area contributed by atoms with Gasteiger partial charge in [-0.1, -0.05) is 18.6 Å². The number of nitrogens with zero attached hydrogens (tertiary/aromatic N) is 1. The topological polar surface area (TPSA) is 76.1 Å². The van der Waals surface area contributed by atoms with E-state index < -0.39 is 6.04 Å². The summed E-state index contributed by atoms with van der Waals surface area (Å²) in [7, 11) is 1.58. The fourth-order valence-electron chi connectivity index (χ4n) is 4.35. The lowest BCUT2D eigenvalue weighted by Gasteiger charge is -2.35. The zero-order valence-electron chi connectivity index (χ0n) is 14.8. The molecule has 0 bridgehead atoms. The van der Waals surface area contributed by atoms with Crippen molar-refractivity contribution in [3.05, 3.63) is 41.2 Å². The molecule has 6 nitrogen and oxygen atoms in total. The average Bonchev–Trinajstić information content (AvgIpc) is 2.93. The van der Waals surface area contributed by atoms with Crippen LogP contribution in [0.3, 0.4) is 0 Å². The Bertz CT molecular complexity index is 771. The minimum absolute atomic E-state index is 0.0255. The molecule has 1 aromatic carbocycles. The number of rotatable bonds is 4. The molecule has 138 valence electrons. The summed E-state index contributed by atoms with van der Waals surface area (Å²) in [6.45, 7) is 0.720. The fourth-order valence-corrected chi connectivity index (χ4v) is 4.35. The zero-order chi connectivity index (χ0) is 18.3. The van der Waals surface area contributed by atoms with Gasteiger partial charge >= 0.3 is 0 Å². The first-order valence-electron chi connectivity index (χ1n) is 9.15. The third kappa shape index (κ3) is 2.69. The molecule has 0 aromatic heterocycles. The van der Waals surface area contributed by atoms with E-state index in [9.17, 15) is 14.7 Å². The second-order valence-corrected chi connectivity index (χ2v) is 7.14. The molecular formula is C20H23NO5. The SMILES string of the molecule is COCCN1C(=O)C2=C(C(=O)C3CCCCC3O2)C1c1cccc(O)c1. The highest BCUT2D eigenvalue weighted by atomic mass is 16.5. The molecule has 2 heterocycles. The summed E-state index contributed by atoms with van der Waals surface area (Å²) >= 11 is 0. The van der Waals surface area contributed by atoms with Crippen molar-refractivity contribution >= 4 is 11.7 Å². The molecule has 6 heteroatoms. The van der Waals surface area contributed by atoms with Gasteiger partial charge in [0.25, 0.3) is 5.91 Å². The summed E-state index contributed by atoms with van der Waals surface area (Å²) in [5, 5.41) is 9.89. The van der Waals surface area contributed by atoms with E-state index in [2.05, 4.69) is 0 Å². The summed E-state index contributed by atoms with van der Waals surface area (Å²) < 4.78 is 11.2. The lowest BCUT2D eigenvalue weighted by molar-refractivity contribution is -0.135. The summed E-state index contributed by atoms with van der Waals surface area (Å²) in [5.41, 5.74) is 1.16. The van der Waals surface area contributed by atoms with Crippen LogP contribution in [0.4, 0.5) is 0 Å². The smallest absolute Gasteiger partial charge is 0.290 e. The standard InChI is InChI=1S/C20H23NO5/c1-25-10-9-21-17(12-5-4-6-13(22)11-12)16-18(23)14-7-2-3-8-15(14)26-19(16)20(21)24/h4-6,11,14-15,17,22H,2-3,7-10H2,1H3. The average molecular weight is 357 g/mol. The van der Waals surface area contributed by atoms with E-state index in [-0.39, 0.29) is 35.2 Å². The van der Waals surface area contributed by atoms with Gasteiger partial charge in [-0.15, -0.1) is 0 Å². The van der Waals surface area contributed by atoms with Gasteiger partial charge in [-0.05, 0) is 37.0 Å². The normalized spacial score (nSPS) is 28.0. The first-order valence-corrected chi connectivity index (χ1v) is 9.15. The third-order valence-electron chi connectivity index (χ3n) is 5.58. The summed E-state index contributed by atoms with van der Waals surface area (Å²) in [5.74, 6) is -0.101. The number of hydrogen-bond acceptors (Lipinski definition) is 5. The largest absolute Gasteiger partial charge is 0.508 e. The Hall–Kier alpha value is -2.34. The van der Waals surface area contributed by atoms with Crippen LogP contribution in [0.25, 0.3) is 0 Å². The number of carbonyl (C=O) groups is 2.